The predicted molar refractivity (Wildman–Crippen MR) is 49.8 cm³/mol. The summed E-state index contributed by atoms with van der Waals surface area (Å²) in [6.07, 6.45) is 2.48. The van der Waals surface area contributed by atoms with E-state index in [0.29, 0.717) is 0 Å². The van der Waals surface area contributed by atoms with E-state index in [1.807, 2.05) is 0 Å². The number of likely N-dealkylation sites (tertiary alicyclic amines) is 1. The number of amides is 1. The molecule has 4 nitrogen and oxygen atoms in total. The summed E-state index contributed by atoms with van der Waals surface area (Å²) in [4.78, 5) is 21.2. The van der Waals surface area contributed by atoms with Crippen LogP contribution in [-0.4, -0.2) is 35.0 Å². The molecule has 1 rings (SSSR count). The topological polar surface area (TPSA) is 57.6 Å². The summed E-state index contributed by atoms with van der Waals surface area (Å²) < 4.78 is 0. The number of piperidine rings is 1. The van der Waals surface area contributed by atoms with Crippen LogP contribution >= 0.6 is 0 Å². The molecule has 1 aliphatic heterocycles. The van der Waals surface area contributed by atoms with Gasteiger partial charge < -0.3 is 14.8 Å². The van der Waals surface area contributed by atoms with Gasteiger partial charge >= 0.3 is 6.09 Å². The second-order valence-electron chi connectivity index (χ2n) is 3.24. The first kappa shape index (κ1) is 11.9. The van der Waals surface area contributed by atoms with Gasteiger partial charge in [-0.05, 0) is 33.1 Å². The monoisotopic (exact) mass is 187 g/mol. The van der Waals surface area contributed by atoms with Gasteiger partial charge in [-0.25, -0.2) is 4.79 Å². The summed E-state index contributed by atoms with van der Waals surface area (Å²) in [7, 11) is 0. The van der Waals surface area contributed by atoms with E-state index in [9.17, 15) is 9.59 Å². The number of Topliss-reactive ketones (excluding diaryl/α,β-unsaturated/α-hetero) is 1. The van der Waals surface area contributed by atoms with Gasteiger partial charge in [-0.3, -0.25) is 0 Å². The van der Waals surface area contributed by atoms with Crippen molar-refractivity contribution in [2.24, 2.45) is 0 Å². The Bertz CT molecular complexity index is 170. The highest BCUT2D eigenvalue weighted by Gasteiger charge is 2.13. The van der Waals surface area contributed by atoms with Crippen LogP contribution in [0.1, 0.15) is 33.1 Å². The number of ketones is 1. The number of hydrogen-bond acceptors (Lipinski definition) is 2. The molecule has 0 aliphatic carbocycles. The van der Waals surface area contributed by atoms with Gasteiger partial charge in [0.05, 0.1) is 0 Å². The van der Waals surface area contributed by atoms with Crippen molar-refractivity contribution in [3.8, 4) is 0 Å². The molecule has 1 N–H and O–H groups in total. The third kappa shape index (κ3) is 7.31. The van der Waals surface area contributed by atoms with Crippen LogP contribution in [0.2, 0.25) is 0 Å². The number of nitrogens with zero attached hydrogens (tertiary/aromatic N) is 1. The number of carbonyl (C=O) groups is 2. The minimum atomic E-state index is -0.769. The van der Waals surface area contributed by atoms with E-state index in [0.717, 1.165) is 25.9 Å². The summed E-state index contributed by atoms with van der Waals surface area (Å²) in [5, 5.41) is 8.46. The highest BCUT2D eigenvalue weighted by Crippen LogP contribution is 2.07. The average molecular weight is 187 g/mol. The summed E-state index contributed by atoms with van der Waals surface area (Å²) >= 11 is 0. The van der Waals surface area contributed by atoms with Crippen LogP contribution in [0.25, 0.3) is 0 Å². The number of rotatable bonds is 0. The lowest BCUT2D eigenvalue weighted by atomic mass is 10.1. The number of carboxylic acid groups (broad SMARTS) is 1. The van der Waals surface area contributed by atoms with Gasteiger partial charge in [-0.15, -0.1) is 0 Å². The molecule has 0 radical (unpaired) electrons. The van der Waals surface area contributed by atoms with Crippen LogP contribution < -0.4 is 0 Å². The van der Waals surface area contributed by atoms with Gasteiger partial charge in [0.2, 0.25) is 0 Å². The molecule has 0 spiro atoms. The molecule has 1 heterocycles. The molecule has 0 aromatic rings. The van der Waals surface area contributed by atoms with Crippen LogP contribution in [0.3, 0.4) is 0 Å². The maximum atomic E-state index is 10.3. The summed E-state index contributed by atoms with van der Waals surface area (Å²) in [5.74, 6) is 0.167. The van der Waals surface area contributed by atoms with E-state index in [2.05, 4.69) is 0 Å². The third-order valence-electron chi connectivity index (χ3n) is 1.63. The van der Waals surface area contributed by atoms with Gasteiger partial charge in [-0.2, -0.15) is 0 Å². The minimum absolute atomic E-state index is 0.167. The molecule has 1 amide bonds. The van der Waals surface area contributed by atoms with E-state index >= 15 is 0 Å². The Morgan fingerprint density at radius 3 is 1.69 bits per heavy atom. The zero-order chi connectivity index (χ0) is 10.3. The van der Waals surface area contributed by atoms with Crippen molar-refractivity contribution in [2.45, 2.75) is 33.1 Å². The Kier molecular flexibility index (Phi) is 5.93. The van der Waals surface area contributed by atoms with Crippen molar-refractivity contribution in [1.82, 2.24) is 4.90 Å². The third-order valence-corrected chi connectivity index (χ3v) is 1.63. The van der Waals surface area contributed by atoms with Gasteiger partial charge in [-0.1, -0.05) is 0 Å². The van der Waals surface area contributed by atoms with E-state index < -0.39 is 6.09 Å². The first-order valence-corrected chi connectivity index (χ1v) is 4.49. The molecule has 0 aromatic carbocycles. The SMILES string of the molecule is CC(C)=O.O=C(O)N1CCCCC1. The quantitative estimate of drug-likeness (QED) is 0.628. The Balaban J connectivity index is 0.000000310. The van der Waals surface area contributed by atoms with Crippen LogP contribution in [0, 0.1) is 0 Å². The molecule has 1 aliphatic rings. The van der Waals surface area contributed by atoms with Crippen LogP contribution in [0.4, 0.5) is 4.79 Å². The van der Waals surface area contributed by atoms with Crippen molar-refractivity contribution in [1.29, 1.82) is 0 Å². The minimum Gasteiger partial charge on any atom is -0.465 e. The first-order valence-electron chi connectivity index (χ1n) is 4.49. The normalized spacial score (nSPS) is 15.7. The molecule has 0 bridgehead atoms. The standard InChI is InChI=1S/C6H11NO2.C3H6O/c8-6(9)7-4-2-1-3-5-7;1-3(2)4/h1-5H2,(H,8,9);1-2H3. The Morgan fingerprint density at radius 2 is 1.46 bits per heavy atom. The highest BCUT2D eigenvalue weighted by molar-refractivity contribution is 5.72. The molecule has 0 atom stereocenters. The molecule has 0 saturated carbocycles. The van der Waals surface area contributed by atoms with Crippen LogP contribution in [0.15, 0.2) is 0 Å². The average Bonchev–Trinajstić information content (AvgIpc) is 2.05. The van der Waals surface area contributed by atoms with Gasteiger partial charge in [0.1, 0.15) is 5.78 Å². The molecule has 4 heteroatoms. The summed E-state index contributed by atoms with van der Waals surface area (Å²) in [6, 6.07) is 0. The highest BCUT2D eigenvalue weighted by atomic mass is 16.4. The maximum absolute atomic E-state index is 10.3. The fourth-order valence-electron chi connectivity index (χ4n) is 1.09. The zero-order valence-corrected chi connectivity index (χ0v) is 8.25. The van der Waals surface area contributed by atoms with E-state index in [-0.39, 0.29) is 5.78 Å². The molecule has 0 aromatic heterocycles. The summed E-state index contributed by atoms with van der Waals surface area (Å²) in [5.41, 5.74) is 0. The maximum Gasteiger partial charge on any atom is 0.407 e. The second kappa shape index (κ2) is 6.46. The van der Waals surface area contributed by atoms with E-state index in [1.165, 1.54) is 25.2 Å². The number of hydrogen-bond donors (Lipinski definition) is 1. The molecule has 0 unspecified atom stereocenters. The van der Waals surface area contributed by atoms with Crippen molar-refractivity contribution in [3.05, 3.63) is 0 Å². The van der Waals surface area contributed by atoms with Crippen molar-refractivity contribution in [2.75, 3.05) is 13.1 Å². The Labute approximate surface area is 78.5 Å². The smallest absolute Gasteiger partial charge is 0.407 e. The first-order chi connectivity index (χ1) is 6.04. The lowest BCUT2D eigenvalue weighted by molar-refractivity contribution is -0.114. The van der Waals surface area contributed by atoms with Gasteiger partial charge in [0.25, 0.3) is 0 Å². The summed E-state index contributed by atoms with van der Waals surface area (Å²) in [6.45, 7) is 4.52. The lowest BCUT2D eigenvalue weighted by Gasteiger charge is -2.22. The fraction of sp³-hybridized carbons (Fsp3) is 0.778. The molecular formula is C9H17NO3. The van der Waals surface area contributed by atoms with E-state index in [1.54, 1.807) is 0 Å². The fourth-order valence-corrected chi connectivity index (χ4v) is 1.09. The van der Waals surface area contributed by atoms with Crippen LogP contribution in [-0.2, 0) is 4.79 Å². The lowest BCUT2D eigenvalue weighted by Crippen LogP contribution is -2.34. The van der Waals surface area contributed by atoms with Crippen molar-refractivity contribution < 1.29 is 14.7 Å². The molecular weight excluding hydrogens is 170 g/mol. The Hall–Kier alpha value is -1.06. The molecule has 13 heavy (non-hydrogen) atoms. The second-order valence-corrected chi connectivity index (χ2v) is 3.24. The molecule has 76 valence electrons. The number of carbonyl (C=O) groups excluding carboxylic acids is 1. The van der Waals surface area contributed by atoms with Crippen LogP contribution in [0.5, 0.6) is 0 Å². The largest absolute Gasteiger partial charge is 0.465 e. The van der Waals surface area contributed by atoms with Gasteiger partial charge in [0, 0.05) is 13.1 Å². The molecule has 1 fully saturated rings. The van der Waals surface area contributed by atoms with Crippen molar-refractivity contribution in [3.63, 3.8) is 0 Å². The van der Waals surface area contributed by atoms with E-state index in [4.69, 9.17) is 5.11 Å². The Morgan fingerprint density at radius 1 is 1.08 bits per heavy atom. The van der Waals surface area contributed by atoms with Gasteiger partial charge in [0.15, 0.2) is 0 Å². The molecule has 1 saturated heterocycles. The zero-order valence-electron chi connectivity index (χ0n) is 8.25. The van der Waals surface area contributed by atoms with Crippen molar-refractivity contribution >= 4 is 11.9 Å². The predicted octanol–water partition coefficient (Wildman–Crippen LogP) is 1.75.